The smallest absolute Gasteiger partial charge is 0.214 e. The van der Waals surface area contributed by atoms with E-state index in [0.717, 1.165) is 38.8 Å². The number of nitrogens with one attached hydrogen (secondary N) is 1. The highest BCUT2D eigenvalue weighted by molar-refractivity contribution is 7.89. The summed E-state index contributed by atoms with van der Waals surface area (Å²) < 4.78 is 27.0. The fourth-order valence-electron chi connectivity index (χ4n) is 3.40. The second-order valence-electron chi connectivity index (χ2n) is 6.16. The van der Waals surface area contributed by atoms with E-state index in [1.54, 1.807) is 4.31 Å². The molecule has 0 radical (unpaired) electrons. The van der Waals surface area contributed by atoms with E-state index in [1.165, 1.54) is 11.1 Å². The van der Waals surface area contributed by atoms with E-state index in [2.05, 4.69) is 17.4 Å². The largest absolute Gasteiger partial charge is 0.316 e. The van der Waals surface area contributed by atoms with Crippen LogP contribution in [-0.4, -0.2) is 44.7 Å². The minimum absolute atomic E-state index is 0.273. The summed E-state index contributed by atoms with van der Waals surface area (Å²) in [6, 6.07) is 8.32. The van der Waals surface area contributed by atoms with E-state index >= 15 is 0 Å². The van der Waals surface area contributed by atoms with Crippen LogP contribution in [0.15, 0.2) is 24.3 Å². The Hall–Kier alpha value is -0.910. The van der Waals surface area contributed by atoms with Gasteiger partial charge in [-0.3, -0.25) is 0 Å². The lowest BCUT2D eigenvalue weighted by Crippen LogP contribution is -2.40. The van der Waals surface area contributed by atoms with Crippen LogP contribution in [0.1, 0.15) is 24.0 Å². The third-order valence-corrected chi connectivity index (χ3v) is 6.66. The summed E-state index contributed by atoms with van der Waals surface area (Å²) >= 11 is 0. The molecule has 116 valence electrons. The molecule has 0 bridgehead atoms. The normalized spacial score (nSPS) is 24.3. The van der Waals surface area contributed by atoms with Crippen LogP contribution in [0.5, 0.6) is 0 Å². The maximum Gasteiger partial charge on any atom is 0.214 e. The van der Waals surface area contributed by atoms with E-state index in [9.17, 15) is 8.42 Å². The summed E-state index contributed by atoms with van der Waals surface area (Å²) in [6.07, 6.45) is 3.78. The van der Waals surface area contributed by atoms with Gasteiger partial charge in [-0.25, -0.2) is 12.7 Å². The first-order chi connectivity index (χ1) is 10.1. The van der Waals surface area contributed by atoms with E-state index in [0.29, 0.717) is 18.8 Å². The van der Waals surface area contributed by atoms with Gasteiger partial charge in [-0.2, -0.15) is 0 Å². The molecular formula is C16H24N2O2S. The molecule has 3 rings (SSSR count). The fourth-order valence-corrected chi connectivity index (χ4v) is 5.23. The Morgan fingerprint density at radius 1 is 1.14 bits per heavy atom. The van der Waals surface area contributed by atoms with Crippen molar-refractivity contribution in [1.82, 2.24) is 9.62 Å². The Bertz CT molecular complexity index is 553. The minimum Gasteiger partial charge on any atom is -0.316 e. The van der Waals surface area contributed by atoms with Crippen molar-refractivity contribution in [3.8, 4) is 0 Å². The number of hydrogen-bond acceptors (Lipinski definition) is 3. The molecule has 1 unspecified atom stereocenters. The maximum absolute atomic E-state index is 12.7. The predicted molar refractivity (Wildman–Crippen MR) is 84.8 cm³/mol. The zero-order chi connectivity index (χ0) is 14.7. The van der Waals surface area contributed by atoms with Gasteiger partial charge in [0.15, 0.2) is 0 Å². The van der Waals surface area contributed by atoms with Crippen LogP contribution in [0.4, 0.5) is 0 Å². The van der Waals surface area contributed by atoms with Crippen molar-refractivity contribution >= 4 is 10.0 Å². The summed E-state index contributed by atoms with van der Waals surface area (Å²) in [5.74, 6) is 0.575. The Morgan fingerprint density at radius 3 is 2.38 bits per heavy atom. The summed E-state index contributed by atoms with van der Waals surface area (Å²) in [7, 11) is -3.13. The molecule has 1 atom stereocenters. The lowest BCUT2D eigenvalue weighted by atomic mass is 10.0. The Kier molecular flexibility index (Phi) is 4.62. The molecule has 2 aliphatic heterocycles. The van der Waals surface area contributed by atoms with Gasteiger partial charge in [-0.15, -0.1) is 0 Å². The van der Waals surface area contributed by atoms with Gasteiger partial charge >= 0.3 is 0 Å². The quantitative estimate of drug-likeness (QED) is 0.919. The molecule has 2 aliphatic rings. The Morgan fingerprint density at radius 2 is 1.81 bits per heavy atom. The molecule has 0 spiro atoms. The number of hydrogen-bond donors (Lipinski definition) is 1. The molecule has 0 aromatic heterocycles. The van der Waals surface area contributed by atoms with Gasteiger partial charge in [0.2, 0.25) is 10.0 Å². The molecule has 1 aromatic rings. The molecule has 0 amide bonds. The van der Waals surface area contributed by atoms with Gasteiger partial charge in [0, 0.05) is 13.1 Å². The van der Waals surface area contributed by atoms with Crippen LogP contribution in [0.3, 0.4) is 0 Å². The summed E-state index contributed by atoms with van der Waals surface area (Å²) in [5.41, 5.74) is 2.60. The van der Waals surface area contributed by atoms with Crippen molar-refractivity contribution < 1.29 is 8.42 Å². The van der Waals surface area contributed by atoms with Crippen molar-refractivity contribution in [2.75, 3.05) is 31.9 Å². The standard InChI is InChI=1S/C16H24N2O2S/c19-21(20,13-14-4-3-9-17-12-14)18-10-7-15-5-1-2-6-16(15)8-11-18/h1-2,5-6,14,17H,3-4,7-13H2. The number of nitrogens with zero attached hydrogens (tertiary/aromatic N) is 1. The van der Waals surface area contributed by atoms with Crippen LogP contribution in [0, 0.1) is 5.92 Å². The van der Waals surface area contributed by atoms with Gasteiger partial charge in [0.25, 0.3) is 0 Å². The lowest BCUT2D eigenvalue weighted by Gasteiger charge is -2.26. The molecule has 1 aromatic carbocycles. The third-order valence-electron chi connectivity index (χ3n) is 4.62. The van der Waals surface area contributed by atoms with Gasteiger partial charge < -0.3 is 5.32 Å². The topological polar surface area (TPSA) is 49.4 Å². The first-order valence-corrected chi connectivity index (χ1v) is 9.51. The number of piperidine rings is 1. The van der Waals surface area contributed by atoms with Crippen molar-refractivity contribution in [3.63, 3.8) is 0 Å². The highest BCUT2D eigenvalue weighted by Gasteiger charge is 2.28. The second-order valence-corrected chi connectivity index (χ2v) is 8.17. The Labute approximate surface area is 127 Å². The summed E-state index contributed by atoms with van der Waals surface area (Å²) in [5, 5.41) is 3.30. The van der Waals surface area contributed by atoms with E-state index in [-0.39, 0.29) is 5.92 Å². The van der Waals surface area contributed by atoms with E-state index in [1.807, 2.05) is 12.1 Å². The zero-order valence-electron chi connectivity index (χ0n) is 12.4. The first kappa shape index (κ1) is 15.0. The highest BCUT2D eigenvalue weighted by atomic mass is 32.2. The summed E-state index contributed by atoms with van der Waals surface area (Å²) in [4.78, 5) is 0. The van der Waals surface area contributed by atoms with Gasteiger partial charge in [-0.05, 0) is 55.8 Å². The molecule has 0 aliphatic carbocycles. The van der Waals surface area contributed by atoms with Crippen LogP contribution < -0.4 is 5.32 Å². The van der Waals surface area contributed by atoms with Crippen molar-refractivity contribution in [2.24, 2.45) is 5.92 Å². The second kappa shape index (κ2) is 6.46. The van der Waals surface area contributed by atoms with Crippen molar-refractivity contribution in [2.45, 2.75) is 25.7 Å². The van der Waals surface area contributed by atoms with Crippen LogP contribution >= 0.6 is 0 Å². The van der Waals surface area contributed by atoms with Gasteiger partial charge in [0.05, 0.1) is 5.75 Å². The SMILES string of the molecule is O=S(=O)(CC1CCCNC1)N1CCc2ccccc2CC1. The Balaban J connectivity index is 1.66. The molecule has 1 N–H and O–H groups in total. The molecule has 21 heavy (non-hydrogen) atoms. The highest BCUT2D eigenvalue weighted by Crippen LogP contribution is 2.20. The number of rotatable bonds is 3. The molecule has 4 nitrogen and oxygen atoms in total. The molecule has 0 saturated carbocycles. The maximum atomic E-state index is 12.7. The number of sulfonamides is 1. The first-order valence-electron chi connectivity index (χ1n) is 7.90. The van der Waals surface area contributed by atoms with E-state index in [4.69, 9.17) is 0 Å². The van der Waals surface area contributed by atoms with Crippen LogP contribution in [0.25, 0.3) is 0 Å². The zero-order valence-corrected chi connectivity index (χ0v) is 13.2. The average molecular weight is 308 g/mol. The molecular weight excluding hydrogens is 284 g/mol. The average Bonchev–Trinajstić information content (AvgIpc) is 2.71. The molecule has 1 saturated heterocycles. The molecule has 5 heteroatoms. The summed E-state index contributed by atoms with van der Waals surface area (Å²) in [6.45, 7) is 3.11. The third kappa shape index (κ3) is 3.65. The van der Waals surface area contributed by atoms with Crippen LogP contribution in [-0.2, 0) is 22.9 Å². The minimum atomic E-state index is -3.13. The molecule has 2 heterocycles. The lowest BCUT2D eigenvalue weighted by molar-refractivity contribution is 0.382. The predicted octanol–water partition coefficient (Wildman–Crippen LogP) is 1.42. The van der Waals surface area contributed by atoms with Crippen molar-refractivity contribution in [3.05, 3.63) is 35.4 Å². The molecule has 1 fully saturated rings. The fraction of sp³-hybridized carbons (Fsp3) is 0.625. The van der Waals surface area contributed by atoms with Crippen molar-refractivity contribution in [1.29, 1.82) is 0 Å². The van der Waals surface area contributed by atoms with Crippen LogP contribution in [0.2, 0.25) is 0 Å². The monoisotopic (exact) mass is 308 g/mol. The van der Waals surface area contributed by atoms with E-state index < -0.39 is 10.0 Å². The number of benzene rings is 1. The van der Waals surface area contributed by atoms with Gasteiger partial charge in [0.1, 0.15) is 0 Å². The van der Waals surface area contributed by atoms with Gasteiger partial charge in [-0.1, -0.05) is 24.3 Å². The number of fused-ring (bicyclic) bond motifs is 1.